The molecule has 8 heteroatoms. The Balaban J connectivity index is 1.55. The first-order valence-electron chi connectivity index (χ1n) is 10.3. The van der Waals surface area contributed by atoms with Gasteiger partial charge in [-0.15, -0.1) is 22.7 Å². The first-order valence-corrected chi connectivity index (χ1v) is 12.0. The van der Waals surface area contributed by atoms with Gasteiger partial charge in [0.15, 0.2) is 0 Å². The van der Waals surface area contributed by atoms with Gasteiger partial charge in [0.2, 0.25) is 5.91 Å². The lowest BCUT2D eigenvalue weighted by Crippen LogP contribution is -2.32. The van der Waals surface area contributed by atoms with Crippen LogP contribution >= 0.6 is 22.7 Å². The Bertz CT molecular complexity index is 1290. The molecule has 0 aliphatic carbocycles. The first-order chi connectivity index (χ1) is 15.5. The standard InChI is InChI=1S/C24H25N3O3S2/c1-16-17(2)32-23-22(16)24(29)26(15-25-23)11-10-21(28)27(14-19-8-6-12-31-19)13-18-7-4-5-9-20(18)30-3/h4-9,12,15H,10-11,13-14H2,1-3H3. The Labute approximate surface area is 194 Å². The molecular formula is C24H25N3O3S2. The molecule has 0 radical (unpaired) electrons. The van der Waals surface area contributed by atoms with Crippen molar-refractivity contribution >= 4 is 38.8 Å². The quantitative estimate of drug-likeness (QED) is 0.375. The number of para-hydroxylation sites is 1. The number of hydrogen-bond donors (Lipinski definition) is 0. The lowest BCUT2D eigenvalue weighted by Gasteiger charge is -2.23. The third kappa shape index (κ3) is 4.61. The second kappa shape index (κ2) is 9.67. The van der Waals surface area contributed by atoms with Gasteiger partial charge in [-0.2, -0.15) is 0 Å². The third-order valence-corrected chi connectivity index (χ3v) is 7.53. The van der Waals surface area contributed by atoms with Crippen molar-refractivity contribution in [2.75, 3.05) is 7.11 Å². The molecule has 0 aliphatic heterocycles. The lowest BCUT2D eigenvalue weighted by atomic mass is 10.1. The number of aryl methyl sites for hydroxylation is 3. The van der Waals surface area contributed by atoms with Crippen LogP contribution in [-0.4, -0.2) is 27.5 Å². The second-order valence-corrected chi connectivity index (χ2v) is 9.83. The SMILES string of the molecule is COc1ccccc1CN(Cc1cccs1)C(=O)CCn1cnc2sc(C)c(C)c2c1=O. The summed E-state index contributed by atoms with van der Waals surface area (Å²) in [5.74, 6) is 0.736. The van der Waals surface area contributed by atoms with E-state index in [4.69, 9.17) is 4.74 Å². The minimum Gasteiger partial charge on any atom is -0.496 e. The molecule has 0 unspecified atom stereocenters. The smallest absolute Gasteiger partial charge is 0.262 e. The molecule has 4 rings (SSSR count). The van der Waals surface area contributed by atoms with Crippen molar-refractivity contribution in [3.8, 4) is 5.75 Å². The molecule has 0 saturated carbocycles. The molecule has 0 bridgehead atoms. The fourth-order valence-corrected chi connectivity index (χ4v) is 5.37. The van der Waals surface area contributed by atoms with Crippen molar-refractivity contribution in [2.24, 2.45) is 0 Å². The van der Waals surface area contributed by atoms with Crippen LogP contribution in [0.5, 0.6) is 5.75 Å². The van der Waals surface area contributed by atoms with Crippen LogP contribution in [-0.2, 0) is 24.4 Å². The minimum absolute atomic E-state index is 0.0190. The van der Waals surface area contributed by atoms with Gasteiger partial charge in [0, 0.05) is 34.8 Å². The number of rotatable bonds is 8. The molecule has 0 aliphatic rings. The highest BCUT2D eigenvalue weighted by atomic mass is 32.1. The van der Waals surface area contributed by atoms with E-state index in [-0.39, 0.29) is 17.9 Å². The summed E-state index contributed by atoms with van der Waals surface area (Å²) in [5.41, 5.74) is 1.84. The van der Waals surface area contributed by atoms with Gasteiger partial charge in [-0.3, -0.25) is 14.2 Å². The highest BCUT2D eigenvalue weighted by molar-refractivity contribution is 7.18. The van der Waals surface area contributed by atoms with Crippen molar-refractivity contribution in [3.05, 3.63) is 79.3 Å². The van der Waals surface area contributed by atoms with Crippen molar-refractivity contribution in [3.63, 3.8) is 0 Å². The van der Waals surface area contributed by atoms with Crippen molar-refractivity contribution in [1.29, 1.82) is 0 Å². The number of amides is 1. The molecule has 3 aromatic heterocycles. The number of carbonyl (C=O) groups excluding carboxylic acids is 1. The Hall–Kier alpha value is -2.97. The number of carbonyl (C=O) groups is 1. The van der Waals surface area contributed by atoms with E-state index in [0.717, 1.165) is 31.5 Å². The van der Waals surface area contributed by atoms with E-state index in [1.165, 1.54) is 11.3 Å². The Morgan fingerprint density at radius 3 is 2.72 bits per heavy atom. The maximum Gasteiger partial charge on any atom is 0.262 e. The summed E-state index contributed by atoms with van der Waals surface area (Å²) in [6.45, 7) is 5.19. The normalized spacial score (nSPS) is 11.1. The predicted octanol–water partition coefficient (Wildman–Crippen LogP) is 4.76. The van der Waals surface area contributed by atoms with Gasteiger partial charge < -0.3 is 9.64 Å². The molecule has 32 heavy (non-hydrogen) atoms. The highest BCUT2D eigenvalue weighted by Crippen LogP contribution is 2.26. The van der Waals surface area contributed by atoms with Crippen LogP contribution < -0.4 is 10.3 Å². The van der Waals surface area contributed by atoms with Gasteiger partial charge in [0.25, 0.3) is 5.56 Å². The van der Waals surface area contributed by atoms with Gasteiger partial charge >= 0.3 is 0 Å². The van der Waals surface area contributed by atoms with Gasteiger partial charge in [-0.05, 0) is 36.9 Å². The zero-order chi connectivity index (χ0) is 22.7. The number of thiophene rings is 2. The molecule has 0 fully saturated rings. The average Bonchev–Trinajstić information content (AvgIpc) is 3.41. The van der Waals surface area contributed by atoms with Gasteiger partial charge in [0.05, 0.1) is 25.4 Å². The second-order valence-electron chi connectivity index (χ2n) is 7.60. The fourth-order valence-electron chi connectivity index (χ4n) is 3.67. The van der Waals surface area contributed by atoms with Crippen molar-refractivity contribution in [2.45, 2.75) is 39.9 Å². The summed E-state index contributed by atoms with van der Waals surface area (Å²) in [4.78, 5) is 35.4. The molecule has 0 N–H and O–H groups in total. The highest BCUT2D eigenvalue weighted by Gasteiger charge is 2.18. The summed E-state index contributed by atoms with van der Waals surface area (Å²) < 4.78 is 7.02. The Kier molecular flexibility index (Phi) is 6.72. The number of benzene rings is 1. The van der Waals surface area contributed by atoms with Crippen molar-refractivity contribution < 1.29 is 9.53 Å². The largest absolute Gasteiger partial charge is 0.496 e. The lowest BCUT2D eigenvalue weighted by molar-refractivity contribution is -0.132. The van der Waals surface area contributed by atoms with Crippen LogP contribution in [0.15, 0.2) is 52.9 Å². The monoisotopic (exact) mass is 467 g/mol. The van der Waals surface area contributed by atoms with Crippen LogP contribution in [0.3, 0.4) is 0 Å². The topological polar surface area (TPSA) is 64.4 Å². The number of ether oxygens (including phenoxy) is 1. The first kappa shape index (κ1) is 22.2. The van der Waals surface area contributed by atoms with Crippen LogP contribution in [0.25, 0.3) is 10.2 Å². The molecule has 1 amide bonds. The molecule has 166 valence electrons. The van der Waals surface area contributed by atoms with Gasteiger partial charge in [-0.1, -0.05) is 24.3 Å². The minimum atomic E-state index is -0.0841. The van der Waals surface area contributed by atoms with Crippen LogP contribution in [0, 0.1) is 13.8 Å². The molecule has 0 atom stereocenters. The summed E-state index contributed by atoms with van der Waals surface area (Å²) in [6, 6.07) is 11.7. The molecule has 4 aromatic rings. The predicted molar refractivity (Wildman–Crippen MR) is 130 cm³/mol. The summed E-state index contributed by atoms with van der Waals surface area (Å²) in [5, 5.41) is 2.67. The number of methoxy groups -OCH3 is 1. The third-order valence-electron chi connectivity index (χ3n) is 5.56. The number of nitrogens with zero attached hydrogens (tertiary/aromatic N) is 3. The molecular weight excluding hydrogens is 442 g/mol. The Morgan fingerprint density at radius 2 is 1.97 bits per heavy atom. The van der Waals surface area contributed by atoms with Crippen LogP contribution in [0.2, 0.25) is 0 Å². The number of aromatic nitrogens is 2. The zero-order valence-corrected chi connectivity index (χ0v) is 20.0. The molecule has 3 heterocycles. The number of fused-ring (bicyclic) bond motifs is 1. The molecule has 6 nitrogen and oxygen atoms in total. The van der Waals surface area contributed by atoms with E-state index in [9.17, 15) is 9.59 Å². The van der Waals surface area contributed by atoms with E-state index >= 15 is 0 Å². The summed E-state index contributed by atoms with van der Waals surface area (Å²) >= 11 is 3.15. The zero-order valence-electron chi connectivity index (χ0n) is 18.3. The van der Waals surface area contributed by atoms with E-state index < -0.39 is 0 Å². The van der Waals surface area contributed by atoms with E-state index in [1.807, 2.05) is 60.5 Å². The fraction of sp³-hybridized carbons (Fsp3) is 0.292. The Morgan fingerprint density at radius 1 is 1.16 bits per heavy atom. The van der Waals surface area contributed by atoms with Gasteiger partial charge in [-0.25, -0.2) is 4.98 Å². The summed E-state index contributed by atoms with van der Waals surface area (Å²) in [6.07, 6.45) is 1.77. The molecule has 0 saturated heterocycles. The van der Waals surface area contributed by atoms with Crippen LogP contribution in [0.1, 0.15) is 27.3 Å². The average molecular weight is 468 g/mol. The molecule has 0 spiro atoms. The van der Waals surface area contributed by atoms with Crippen LogP contribution in [0.4, 0.5) is 0 Å². The van der Waals surface area contributed by atoms with E-state index in [0.29, 0.717) is 25.0 Å². The maximum absolute atomic E-state index is 13.2. The summed E-state index contributed by atoms with van der Waals surface area (Å²) in [7, 11) is 1.63. The van der Waals surface area contributed by atoms with E-state index in [2.05, 4.69) is 4.98 Å². The van der Waals surface area contributed by atoms with Gasteiger partial charge in [0.1, 0.15) is 10.6 Å². The van der Waals surface area contributed by atoms with E-state index in [1.54, 1.807) is 29.3 Å². The van der Waals surface area contributed by atoms with Crippen molar-refractivity contribution in [1.82, 2.24) is 14.5 Å². The number of hydrogen-bond acceptors (Lipinski definition) is 6. The molecule has 1 aromatic carbocycles. The maximum atomic E-state index is 13.2.